The fourth-order valence-electron chi connectivity index (χ4n) is 4.96. The lowest BCUT2D eigenvalue weighted by Crippen LogP contribution is -2.29. The molecule has 4 aromatic rings. The molecule has 0 amide bonds. The minimum Gasteiger partial charge on any atom is -0.481 e. The molecule has 0 spiro atoms. The topological polar surface area (TPSA) is 110 Å². The average Bonchev–Trinajstić information content (AvgIpc) is 3.40. The summed E-state index contributed by atoms with van der Waals surface area (Å²) >= 11 is 0. The maximum atomic E-state index is 12.4. The molecule has 1 atom stereocenters. The lowest BCUT2D eigenvalue weighted by molar-refractivity contribution is -0.135. The van der Waals surface area contributed by atoms with Crippen LogP contribution in [0.1, 0.15) is 59.8 Å². The monoisotopic (exact) mass is 621 g/mol. The van der Waals surface area contributed by atoms with Crippen molar-refractivity contribution in [3.8, 4) is 0 Å². The second-order valence-corrected chi connectivity index (χ2v) is 13.0. The van der Waals surface area contributed by atoms with Crippen LogP contribution in [0.15, 0.2) is 130 Å². The van der Waals surface area contributed by atoms with Crippen LogP contribution in [0.25, 0.3) is 0 Å². The molecule has 0 saturated carbocycles. The SMILES string of the molecule is CC(C)(C)OC(=O)c1ccc(CON=S2CC(CC(=O)O)=NC2=NC(c2ccccc2)(c2ccccc2)c2ccccc2)cc1. The smallest absolute Gasteiger partial charge is 0.338 e. The molecule has 0 aliphatic carbocycles. The zero-order valence-corrected chi connectivity index (χ0v) is 26.2. The summed E-state index contributed by atoms with van der Waals surface area (Å²) in [6.45, 7) is 5.63. The van der Waals surface area contributed by atoms with Crippen molar-refractivity contribution in [1.82, 2.24) is 0 Å². The molecule has 1 aliphatic rings. The molecule has 45 heavy (non-hydrogen) atoms. The number of nitrogens with zero attached hydrogens (tertiary/aromatic N) is 3. The summed E-state index contributed by atoms with van der Waals surface area (Å²) in [7, 11) is -0.965. The van der Waals surface area contributed by atoms with Gasteiger partial charge in [0, 0.05) is 16.4 Å². The van der Waals surface area contributed by atoms with Gasteiger partial charge in [0.1, 0.15) is 17.7 Å². The van der Waals surface area contributed by atoms with Crippen LogP contribution in [-0.4, -0.2) is 39.3 Å². The third kappa shape index (κ3) is 7.87. The summed E-state index contributed by atoms with van der Waals surface area (Å²) in [5, 5.41) is 9.97. The van der Waals surface area contributed by atoms with E-state index in [2.05, 4.69) is 4.53 Å². The van der Waals surface area contributed by atoms with Gasteiger partial charge in [0.05, 0.1) is 17.7 Å². The number of esters is 1. The van der Waals surface area contributed by atoms with E-state index in [1.54, 1.807) is 24.3 Å². The number of hydrogen-bond acceptors (Lipinski definition) is 6. The van der Waals surface area contributed by atoms with Crippen LogP contribution >= 0.6 is 0 Å². The first-order valence-corrected chi connectivity index (χ1v) is 15.9. The molecule has 1 unspecified atom stereocenters. The van der Waals surface area contributed by atoms with Crippen molar-refractivity contribution in [3.05, 3.63) is 143 Å². The number of ether oxygens (including phenoxy) is 1. The Bertz CT molecular complexity index is 1630. The third-order valence-corrected chi connectivity index (χ3v) is 8.42. The van der Waals surface area contributed by atoms with E-state index in [4.69, 9.17) is 19.6 Å². The summed E-state index contributed by atoms with van der Waals surface area (Å²) in [6.07, 6.45) is -0.209. The molecule has 230 valence electrons. The number of carboxylic acid groups (broad SMARTS) is 1. The summed E-state index contributed by atoms with van der Waals surface area (Å²) in [5.74, 6) is -1.06. The van der Waals surface area contributed by atoms with Gasteiger partial charge >= 0.3 is 11.9 Å². The third-order valence-electron chi connectivity index (χ3n) is 6.92. The van der Waals surface area contributed by atoms with Crippen molar-refractivity contribution in [2.24, 2.45) is 14.5 Å². The van der Waals surface area contributed by atoms with Crippen molar-refractivity contribution in [2.75, 3.05) is 5.75 Å². The highest BCUT2D eigenvalue weighted by molar-refractivity contribution is 8.03. The average molecular weight is 622 g/mol. The van der Waals surface area contributed by atoms with Crippen molar-refractivity contribution in [2.45, 2.75) is 44.9 Å². The maximum absolute atomic E-state index is 12.4. The molecule has 1 aliphatic heterocycles. The summed E-state index contributed by atoms with van der Waals surface area (Å²) in [4.78, 5) is 40.0. The molecule has 0 radical (unpaired) electrons. The summed E-state index contributed by atoms with van der Waals surface area (Å²) in [6, 6.07) is 36.9. The van der Waals surface area contributed by atoms with E-state index in [1.165, 1.54) is 0 Å². The molecular weight excluding hydrogens is 586 g/mol. The number of rotatable bonds is 10. The van der Waals surface area contributed by atoms with Crippen LogP contribution in [0.5, 0.6) is 0 Å². The first kappa shape index (κ1) is 31.7. The fourth-order valence-corrected chi connectivity index (χ4v) is 6.35. The lowest BCUT2D eigenvalue weighted by atomic mass is 9.77. The Labute approximate surface area is 265 Å². The van der Waals surface area contributed by atoms with Gasteiger partial charge in [-0.2, -0.15) is 0 Å². The van der Waals surface area contributed by atoms with E-state index in [0.29, 0.717) is 22.2 Å². The number of carbonyl (C=O) groups excluding carboxylic acids is 1. The minimum atomic E-state index is -0.973. The molecule has 1 N–H and O–H groups in total. The zero-order valence-electron chi connectivity index (χ0n) is 25.4. The van der Waals surface area contributed by atoms with Crippen molar-refractivity contribution in [3.63, 3.8) is 0 Å². The van der Waals surface area contributed by atoms with Gasteiger partial charge in [0.25, 0.3) is 0 Å². The fraction of sp³-hybridized carbons (Fsp3) is 0.222. The molecule has 9 heteroatoms. The highest BCUT2D eigenvalue weighted by Gasteiger charge is 2.38. The van der Waals surface area contributed by atoms with Gasteiger partial charge in [-0.3, -0.25) is 4.79 Å². The summed E-state index contributed by atoms with van der Waals surface area (Å²) < 4.78 is 9.97. The number of hydrogen-bond donors (Lipinski definition) is 1. The number of aliphatic imine (C=N–C) groups is 2. The molecule has 1 heterocycles. The van der Waals surface area contributed by atoms with E-state index in [0.717, 1.165) is 22.3 Å². The largest absolute Gasteiger partial charge is 0.481 e. The predicted octanol–water partition coefficient (Wildman–Crippen LogP) is 7.15. The lowest BCUT2D eigenvalue weighted by Gasteiger charge is -2.32. The minimum absolute atomic E-state index is 0.154. The van der Waals surface area contributed by atoms with E-state index in [1.807, 2.05) is 112 Å². The number of benzene rings is 4. The molecule has 0 saturated heterocycles. The molecule has 0 aromatic heterocycles. The van der Waals surface area contributed by atoms with Gasteiger partial charge in [-0.05, 0) is 55.2 Å². The van der Waals surface area contributed by atoms with E-state index in [9.17, 15) is 14.7 Å². The van der Waals surface area contributed by atoms with Gasteiger partial charge in [-0.1, -0.05) is 103 Å². The van der Waals surface area contributed by atoms with Crippen LogP contribution in [0, 0.1) is 0 Å². The van der Waals surface area contributed by atoms with Gasteiger partial charge in [-0.25, -0.2) is 19.6 Å². The predicted molar refractivity (Wildman–Crippen MR) is 177 cm³/mol. The van der Waals surface area contributed by atoms with Crippen molar-refractivity contribution >= 4 is 33.5 Å². The standard InChI is InChI=1S/C36H35N3O5S/c1-35(2,3)44-33(42)27-21-19-26(20-22-27)24-43-39-45-25-31(23-32(40)41)37-34(45)38-36(28-13-7-4-8-14-28,29-15-9-5-10-16-29)30-17-11-6-12-18-30/h4-22H,23-25H2,1-3H3,(H,40,41). The Kier molecular flexibility index (Phi) is 9.80. The van der Waals surface area contributed by atoms with E-state index < -0.39 is 33.8 Å². The summed E-state index contributed by atoms with van der Waals surface area (Å²) in [5.41, 5.74) is 3.00. The zero-order chi connectivity index (χ0) is 31.9. The Morgan fingerprint density at radius 3 is 1.78 bits per heavy atom. The van der Waals surface area contributed by atoms with Crippen LogP contribution in [-0.2, 0) is 37.2 Å². The Morgan fingerprint density at radius 1 is 0.800 bits per heavy atom. The van der Waals surface area contributed by atoms with Gasteiger partial charge < -0.3 is 9.84 Å². The Balaban J connectivity index is 1.52. The van der Waals surface area contributed by atoms with Crippen molar-refractivity contribution < 1.29 is 24.3 Å². The first-order valence-electron chi connectivity index (χ1n) is 14.5. The first-order chi connectivity index (χ1) is 21.6. The van der Waals surface area contributed by atoms with Crippen LogP contribution in [0.3, 0.4) is 0 Å². The highest BCUT2D eigenvalue weighted by atomic mass is 32.2. The molecule has 8 nitrogen and oxygen atoms in total. The number of carbonyl (C=O) groups is 2. The highest BCUT2D eigenvalue weighted by Crippen LogP contribution is 2.41. The molecule has 4 aromatic carbocycles. The number of amidine groups is 1. The Morgan fingerprint density at radius 2 is 1.31 bits per heavy atom. The van der Waals surface area contributed by atoms with E-state index >= 15 is 0 Å². The van der Waals surface area contributed by atoms with Gasteiger partial charge in [-0.15, -0.1) is 4.53 Å². The Hall–Kier alpha value is -4.73. The second-order valence-electron chi connectivity index (χ2n) is 11.5. The quantitative estimate of drug-likeness (QED) is 0.115. The van der Waals surface area contributed by atoms with Gasteiger partial charge in [0.2, 0.25) is 0 Å². The maximum Gasteiger partial charge on any atom is 0.338 e. The molecule has 5 rings (SSSR count). The van der Waals surface area contributed by atoms with Crippen LogP contribution in [0.4, 0.5) is 0 Å². The van der Waals surface area contributed by atoms with Crippen molar-refractivity contribution in [1.29, 1.82) is 0 Å². The van der Waals surface area contributed by atoms with E-state index in [-0.39, 0.29) is 13.0 Å². The van der Waals surface area contributed by atoms with Crippen LogP contribution < -0.4 is 0 Å². The molecular formula is C36H35N3O5S. The van der Waals surface area contributed by atoms with Crippen LogP contribution in [0.2, 0.25) is 0 Å². The molecule has 0 fully saturated rings. The molecule has 0 bridgehead atoms. The van der Waals surface area contributed by atoms with Gasteiger partial charge in [0.15, 0.2) is 5.17 Å². The normalized spacial score (nSPS) is 16.0. The number of aliphatic carboxylic acids is 1. The number of carboxylic acids is 1. The second kappa shape index (κ2) is 13.9.